The van der Waals surface area contributed by atoms with Crippen molar-refractivity contribution in [3.05, 3.63) is 41.3 Å². The predicted molar refractivity (Wildman–Crippen MR) is 99.0 cm³/mol. The van der Waals surface area contributed by atoms with E-state index in [1.165, 1.54) is 13.2 Å². The third-order valence-corrected chi connectivity index (χ3v) is 3.87. The summed E-state index contributed by atoms with van der Waals surface area (Å²) in [6.07, 6.45) is -0.223. The molecule has 0 spiro atoms. The van der Waals surface area contributed by atoms with Crippen LogP contribution in [0.15, 0.2) is 27.7 Å². The van der Waals surface area contributed by atoms with Gasteiger partial charge in [0.1, 0.15) is 6.10 Å². The Balaban J connectivity index is 1.94. The highest BCUT2D eigenvalue weighted by molar-refractivity contribution is 5.79. The van der Waals surface area contributed by atoms with E-state index >= 15 is 0 Å². The lowest BCUT2D eigenvalue weighted by Gasteiger charge is -2.21. The van der Waals surface area contributed by atoms with E-state index < -0.39 is 5.82 Å². The van der Waals surface area contributed by atoms with Crippen molar-refractivity contribution < 1.29 is 18.4 Å². The Labute approximate surface area is 158 Å². The van der Waals surface area contributed by atoms with Crippen molar-refractivity contribution >= 4 is 5.96 Å². The average molecular weight is 379 g/mol. The second-order valence-electron chi connectivity index (χ2n) is 5.87. The molecule has 1 unspecified atom stereocenters. The van der Waals surface area contributed by atoms with Gasteiger partial charge in [-0.05, 0) is 31.5 Å². The van der Waals surface area contributed by atoms with Crippen LogP contribution in [-0.2, 0) is 17.8 Å². The summed E-state index contributed by atoms with van der Waals surface area (Å²) in [6, 6.07) is 4.86. The summed E-state index contributed by atoms with van der Waals surface area (Å²) in [5.74, 6) is 1.38. The lowest BCUT2D eigenvalue weighted by Crippen LogP contribution is -2.38. The first-order chi connectivity index (χ1) is 13.0. The van der Waals surface area contributed by atoms with Gasteiger partial charge < -0.3 is 24.2 Å². The largest absolute Gasteiger partial charge is 0.494 e. The molecule has 148 valence electrons. The minimum absolute atomic E-state index is 0.220. The maximum Gasteiger partial charge on any atom is 0.246 e. The fraction of sp³-hybridized carbons (Fsp3) is 0.500. The predicted octanol–water partition coefficient (Wildman–Crippen LogP) is 2.52. The van der Waals surface area contributed by atoms with Crippen LogP contribution in [0.1, 0.15) is 37.2 Å². The second-order valence-corrected chi connectivity index (χ2v) is 5.87. The Kier molecular flexibility index (Phi) is 7.54. The molecule has 2 aromatic rings. The van der Waals surface area contributed by atoms with Gasteiger partial charge in [-0.1, -0.05) is 11.2 Å². The number of benzene rings is 1. The van der Waals surface area contributed by atoms with Crippen molar-refractivity contribution in [3.63, 3.8) is 0 Å². The fourth-order valence-corrected chi connectivity index (χ4v) is 2.53. The molecule has 0 saturated carbocycles. The number of hydrogen-bond acceptors (Lipinski definition) is 6. The van der Waals surface area contributed by atoms with Crippen LogP contribution in [0, 0.1) is 5.82 Å². The highest BCUT2D eigenvalue weighted by Gasteiger charge is 2.15. The molecule has 1 atom stereocenters. The third kappa shape index (κ3) is 5.65. The van der Waals surface area contributed by atoms with Crippen LogP contribution < -0.4 is 10.1 Å². The Morgan fingerprint density at radius 2 is 2.22 bits per heavy atom. The normalized spacial score (nSPS) is 12.7. The number of aliphatic imine (C=N–C) groups is 1. The molecular formula is C18H26FN5O3. The number of halogens is 1. The molecule has 0 bridgehead atoms. The zero-order valence-corrected chi connectivity index (χ0v) is 16.3. The maximum atomic E-state index is 13.8. The van der Waals surface area contributed by atoms with Crippen LogP contribution in [-0.4, -0.2) is 48.8 Å². The number of aromatic nitrogens is 2. The van der Waals surface area contributed by atoms with Gasteiger partial charge in [-0.15, -0.1) is 0 Å². The van der Waals surface area contributed by atoms with E-state index in [-0.39, 0.29) is 11.9 Å². The van der Waals surface area contributed by atoms with Crippen LogP contribution in [0.25, 0.3) is 0 Å². The molecule has 0 aliphatic carbocycles. The molecule has 1 heterocycles. The summed E-state index contributed by atoms with van der Waals surface area (Å²) in [5.41, 5.74) is 0.796. The summed E-state index contributed by atoms with van der Waals surface area (Å²) in [7, 11) is 4.96. The Bertz CT molecular complexity index is 765. The van der Waals surface area contributed by atoms with E-state index in [9.17, 15) is 4.39 Å². The Morgan fingerprint density at radius 3 is 2.85 bits per heavy atom. The van der Waals surface area contributed by atoms with E-state index in [1.807, 2.05) is 31.9 Å². The molecule has 0 aliphatic heterocycles. The van der Waals surface area contributed by atoms with Gasteiger partial charge >= 0.3 is 0 Å². The average Bonchev–Trinajstić information content (AvgIpc) is 3.12. The van der Waals surface area contributed by atoms with Crippen LogP contribution in [0.5, 0.6) is 5.75 Å². The first kappa shape index (κ1) is 20.6. The van der Waals surface area contributed by atoms with Crippen LogP contribution in [0.3, 0.4) is 0 Å². The van der Waals surface area contributed by atoms with Crippen molar-refractivity contribution in [1.82, 2.24) is 20.4 Å². The number of guanidine groups is 1. The van der Waals surface area contributed by atoms with Crippen molar-refractivity contribution in [2.45, 2.75) is 33.0 Å². The molecule has 0 aliphatic rings. The van der Waals surface area contributed by atoms with Crippen LogP contribution in [0.2, 0.25) is 0 Å². The number of methoxy groups -OCH3 is 1. The number of nitrogens with zero attached hydrogens (tertiary/aromatic N) is 4. The van der Waals surface area contributed by atoms with E-state index in [1.54, 1.807) is 13.1 Å². The smallest absolute Gasteiger partial charge is 0.246 e. The standard InChI is InChI=1S/C18H26FN5O3/c1-6-26-12(2)17-22-16(27-23-17)10-21-18(20-3)24(4)11-13-7-8-15(25-5)14(19)9-13/h7-9,12H,6,10-11H2,1-5H3,(H,20,21). The van der Waals surface area contributed by atoms with Gasteiger partial charge in [-0.25, -0.2) is 4.39 Å². The summed E-state index contributed by atoms with van der Waals surface area (Å²) < 4.78 is 29.5. The van der Waals surface area contributed by atoms with E-state index in [0.717, 1.165) is 5.56 Å². The maximum absolute atomic E-state index is 13.8. The van der Waals surface area contributed by atoms with E-state index in [0.29, 0.717) is 37.4 Å². The molecule has 2 rings (SSSR count). The monoisotopic (exact) mass is 379 g/mol. The first-order valence-corrected chi connectivity index (χ1v) is 8.66. The highest BCUT2D eigenvalue weighted by Crippen LogP contribution is 2.18. The second kappa shape index (κ2) is 9.86. The van der Waals surface area contributed by atoms with Crippen molar-refractivity contribution in [2.24, 2.45) is 4.99 Å². The third-order valence-electron chi connectivity index (χ3n) is 3.87. The van der Waals surface area contributed by atoms with Crippen molar-refractivity contribution in [1.29, 1.82) is 0 Å². The molecule has 0 radical (unpaired) electrons. The minimum Gasteiger partial charge on any atom is -0.494 e. The molecule has 27 heavy (non-hydrogen) atoms. The molecule has 9 heteroatoms. The summed E-state index contributed by atoms with van der Waals surface area (Å²) in [6.45, 7) is 5.14. The van der Waals surface area contributed by atoms with Crippen LogP contribution >= 0.6 is 0 Å². The molecule has 0 amide bonds. The molecule has 0 saturated heterocycles. The van der Waals surface area contributed by atoms with Crippen LogP contribution in [0.4, 0.5) is 4.39 Å². The number of nitrogens with one attached hydrogen (secondary N) is 1. The van der Waals surface area contributed by atoms with Gasteiger partial charge in [0.05, 0.1) is 13.7 Å². The minimum atomic E-state index is -0.395. The van der Waals surface area contributed by atoms with E-state index in [2.05, 4.69) is 20.4 Å². The van der Waals surface area contributed by atoms with E-state index in [4.69, 9.17) is 14.0 Å². The molecule has 1 aromatic heterocycles. The molecule has 1 N–H and O–H groups in total. The van der Waals surface area contributed by atoms with Gasteiger partial charge in [-0.3, -0.25) is 4.99 Å². The fourth-order valence-electron chi connectivity index (χ4n) is 2.53. The summed E-state index contributed by atoms with van der Waals surface area (Å²) in [4.78, 5) is 10.4. The molecule has 1 aromatic carbocycles. The zero-order chi connectivity index (χ0) is 19.8. The first-order valence-electron chi connectivity index (χ1n) is 8.66. The lowest BCUT2D eigenvalue weighted by atomic mass is 10.2. The topological polar surface area (TPSA) is 85.0 Å². The van der Waals surface area contributed by atoms with Crippen molar-refractivity contribution in [3.8, 4) is 5.75 Å². The highest BCUT2D eigenvalue weighted by atomic mass is 19.1. The summed E-state index contributed by atoms with van der Waals surface area (Å²) >= 11 is 0. The van der Waals surface area contributed by atoms with Gasteiger partial charge in [0.25, 0.3) is 0 Å². The number of ether oxygens (including phenoxy) is 2. The molecule has 0 fully saturated rings. The lowest BCUT2D eigenvalue weighted by molar-refractivity contribution is 0.0683. The quantitative estimate of drug-likeness (QED) is 0.557. The van der Waals surface area contributed by atoms with Crippen molar-refractivity contribution in [2.75, 3.05) is 27.8 Å². The molecular weight excluding hydrogens is 353 g/mol. The number of rotatable bonds is 8. The molecule has 8 nitrogen and oxygen atoms in total. The number of hydrogen-bond donors (Lipinski definition) is 1. The Hall–Kier alpha value is -2.68. The van der Waals surface area contributed by atoms with Gasteiger partial charge in [0.2, 0.25) is 5.89 Å². The Morgan fingerprint density at radius 1 is 1.44 bits per heavy atom. The SMILES string of the molecule is CCOC(C)c1noc(CNC(=NC)N(C)Cc2ccc(OC)c(F)c2)n1. The van der Waals surface area contributed by atoms with Gasteiger partial charge in [0.15, 0.2) is 23.4 Å². The van der Waals surface area contributed by atoms with Gasteiger partial charge in [0, 0.05) is 27.2 Å². The van der Waals surface area contributed by atoms with Gasteiger partial charge in [-0.2, -0.15) is 4.98 Å². The zero-order valence-electron chi connectivity index (χ0n) is 16.3. The summed E-state index contributed by atoms with van der Waals surface area (Å²) in [5, 5.41) is 7.07.